The highest BCUT2D eigenvalue weighted by atomic mass is 32.2. The zero-order valence-corrected chi connectivity index (χ0v) is 12.5. The first-order valence-electron chi connectivity index (χ1n) is 5.99. The van der Waals surface area contributed by atoms with Crippen LogP contribution in [0.15, 0.2) is 22.5 Å². The molecule has 0 fully saturated rings. The average Bonchev–Trinajstić information content (AvgIpc) is 2.85. The maximum Gasteiger partial charge on any atom is 0.178 e. The molecule has 106 valence electrons. The number of carbonyl (C=O) groups is 1. The molecule has 1 unspecified atom stereocenters. The number of hydrogen-bond donors (Lipinski definition) is 0. The van der Waals surface area contributed by atoms with Crippen molar-refractivity contribution < 1.29 is 13.6 Å². The molecule has 1 heterocycles. The van der Waals surface area contributed by atoms with Crippen molar-refractivity contribution in [3.8, 4) is 0 Å². The summed E-state index contributed by atoms with van der Waals surface area (Å²) in [6, 6.07) is 2.96. The van der Waals surface area contributed by atoms with Crippen LogP contribution in [0.25, 0.3) is 0 Å². The summed E-state index contributed by atoms with van der Waals surface area (Å²) in [5.41, 5.74) is -0.105. The molecule has 0 amide bonds. The second-order valence-electron chi connectivity index (χ2n) is 4.08. The molecule has 2 rings (SSSR count). The lowest BCUT2D eigenvalue weighted by Crippen LogP contribution is -2.15. The number of carbonyl (C=O) groups excluding carboxylic acids is 1. The van der Waals surface area contributed by atoms with Gasteiger partial charge < -0.3 is 0 Å². The number of rotatable bonds is 5. The van der Waals surface area contributed by atoms with Crippen LogP contribution in [0.4, 0.5) is 8.78 Å². The lowest BCUT2D eigenvalue weighted by atomic mass is 10.1. The van der Waals surface area contributed by atoms with Gasteiger partial charge in [-0.3, -0.25) is 4.79 Å². The van der Waals surface area contributed by atoms with Gasteiger partial charge in [0.1, 0.15) is 17.5 Å². The molecule has 0 saturated carbocycles. The normalized spacial score (nSPS) is 12.4. The number of nitrogens with zero attached hydrogens (tertiary/aromatic N) is 2. The fourth-order valence-electron chi connectivity index (χ4n) is 1.54. The maximum absolute atomic E-state index is 13.6. The van der Waals surface area contributed by atoms with Crippen molar-refractivity contribution in [1.29, 1.82) is 0 Å². The summed E-state index contributed by atoms with van der Waals surface area (Å²) < 4.78 is 31.2. The predicted molar refractivity (Wildman–Crippen MR) is 75.3 cm³/mol. The minimum Gasteiger partial charge on any atom is -0.293 e. The Kier molecular flexibility index (Phi) is 4.82. The van der Waals surface area contributed by atoms with Crippen LogP contribution < -0.4 is 0 Å². The minimum atomic E-state index is -0.839. The molecule has 0 aliphatic heterocycles. The van der Waals surface area contributed by atoms with Crippen molar-refractivity contribution in [3.63, 3.8) is 0 Å². The van der Waals surface area contributed by atoms with Crippen LogP contribution in [0.2, 0.25) is 0 Å². The highest BCUT2D eigenvalue weighted by Crippen LogP contribution is 2.27. The summed E-state index contributed by atoms with van der Waals surface area (Å²) in [5.74, 6) is -1.20. The van der Waals surface area contributed by atoms with Crippen LogP contribution in [0.1, 0.15) is 30.0 Å². The van der Waals surface area contributed by atoms with Crippen LogP contribution in [-0.2, 0) is 6.42 Å². The van der Waals surface area contributed by atoms with Crippen LogP contribution in [0.3, 0.4) is 0 Å². The smallest absolute Gasteiger partial charge is 0.178 e. The van der Waals surface area contributed by atoms with Gasteiger partial charge in [0, 0.05) is 12.5 Å². The van der Waals surface area contributed by atoms with Gasteiger partial charge in [-0.25, -0.2) is 13.8 Å². The largest absolute Gasteiger partial charge is 0.293 e. The lowest BCUT2D eigenvalue weighted by Gasteiger charge is -2.08. The summed E-state index contributed by atoms with van der Waals surface area (Å²) in [5, 5.41) is -0.507. The van der Waals surface area contributed by atoms with Crippen molar-refractivity contribution in [2.75, 3.05) is 0 Å². The second kappa shape index (κ2) is 6.41. The quantitative estimate of drug-likeness (QED) is 0.623. The molecule has 0 N–H and O–H groups in total. The zero-order valence-electron chi connectivity index (χ0n) is 10.9. The van der Waals surface area contributed by atoms with Crippen LogP contribution >= 0.6 is 23.3 Å². The molecule has 0 radical (unpaired) electrons. The van der Waals surface area contributed by atoms with Crippen LogP contribution in [0.5, 0.6) is 0 Å². The number of Topliss-reactive ketones (excluding diaryl/α,β-unsaturated/α-hetero) is 1. The molecule has 7 heteroatoms. The number of benzene rings is 1. The lowest BCUT2D eigenvalue weighted by molar-refractivity contribution is 0.0990. The predicted octanol–water partition coefficient (Wildman–Crippen LogP) is 3.74. The molecule has 1 atom stereocenters. The van der Waals surface area contributed by atoms with E-state index in [9.17, 15) is 13.6 Å². The maximum atomic E-state index is 13.6. The van der Waals surface area contributed by atoms with Gasteiger partial charge in [-0.15, -0.1) is 0 Å². The number of aromatic nitrogens is 2. The van der Waals surface area contributed by atoms with Gasteiger partial charge in [0.05, 0.1) is 10.8 Å². The fraction of sp³-hybridized carbons (Fsp3) is 0.308. The molecule has 2 aromatic rings. The number of hydrogen-bond acceptors (Lipinski definition) is 5. The molecule has 3 nitrogen and oxygen atoms in total. The van der Waals surface area contributed by atoms with Crippen molar-refractivity contribution in [3.05, 3.63) is 41.2 Å². The van der Waals surface area contributed by atoms with E-state index >= 15 is 0 Å². The van der Waals surface area contributed by atoms with E-state index in [4.69, 9.17) is 0 Å². The summed E-state index contributed by atoms with van der Waals surface area (Å²) in [4.78, 5) is 16.4. The summed E-state index contributed by atoms with van der Waals surface area (Å²) in [6.45, 7) is 3.61. The summed E-state index contributed by atoms with van der Waals surface area (Å²) >= 11 is 2.45. The van der Waals surface area contributed by atoms with E-state index in [1.807, 2.05) is 6.92 Å². The van der Waals surface area contributed by atoms with Gasteiger partial charge in [-0.05, 0) is 30.6 Å². The van der Waals surface area contributed by atoms with Crippen molar-refractivity contribution in [1.82, 2.24) is 9.36 Å². The third-order valence-electron chi connectivity index (χ3n) is 2.61. The third kappa shape index (κ3) is 3.40. The molecule has 0 spiro atoms. The Hall–Kier alpha value is -1.34. The van der Waals surface area contributed by atoms with E-state index in [1.165, 1.54) is 29.4 Å². The molecule has 0 bridgehead atoms. The Morgan fingerprint density at radius 3 is 2.80 bits per heavy atom. The Balaban J connectivity index is 2.12. The number of halogens is 2. The van der Waals surface area contributed by atoms with Crippen LogP contribution in [-0.4, -0.2) is 20.4 Å². The SMILES string of the molecule is CCc1nsc(SC(C)C(=O)c2ccc(F)cc2F)n1. The van der Waals surface area contributed by atoms with Gasteiger partial charge >= 0.3 is 0 Å². The number of thioether (sulfide) groups is 1. The Bertz CT molecular complexity index is 631. The van der Waals surface area contributed by atoms with Crippen molar-refractivity contribution >= 4 is 29.1 Å². The number of aryl methyl sites for hydroxylation is 1. The zero-order chi connectivity index (χ0) is 14.7. The standard InChI is InChI=1S/C13H12F2N2OS2/c1-3-11-16-13(20-17-11)19-7(2)12(18)9-5-4-8(14)6-10(9)15/h4-7H,3H2,1-2H3. The van der Waals surface area contributed by atoms with E-state index in [2.05, 4.69) is 9.36 Å². The molecule has 20 heavy (non-hydrogen) atoms. The molecular weight excluding hydrogens is 302 g/mol. The van der Waals surface area contributed by atoms with Gasteiger partial charge in [-0.1, -0.05) is 18.7 Å². The Morgan fingerprint density at radius 1 is 1.45 bits per heavy atom. The molecule has 0 aliphatic carbocycles. The monoisotopic (exact) mass is 314 g/mol. The topological polar surface area (TPSA) is 42.9 Å². The molecular formula is C13H12F2N2OS2. The van der Waals surface area contributed by atoms with E-state index in [0.717, 1.165) is 18.3 Å². The first-order chi connectivity index (χ1) is 9.51. The molecule has 1 aromatic heterocycles. The van der Waals surface area contributed by atoms with E-state index in [1.54, 1.807) is 6.92 Å². The third-order valence-corrected chi connectivity index (χ3v) is 4.53. The second-order valence-corrected chi connectivity index (χ2v) is 6.42. The number of ketones is 1. The van der Waals surface area contributed by atoms with E-state index < -0.39 is 16.9 Å². The first-order valence-corrected chi connectivity index (χ1v) is 7.65. The fourth-order valence-corrected chi connectivity index (χ4v) is 3.45. The first kappa shape index (κ1) is 15.1. The summed E-state index contributed by atoms with van der Waals surface area (Å²) in [7, 11) is 0. The molecule has 1 aromatic carbocycles. The van der Waals surface area contributed by atoms with Crippen molar-refractivity contribution in [2.24, 2.45) is 0 Å². The van der Waals surface area contributed by atoms with Gasteiger partial charge in [0.15, 0.2) is 10.1 Å². The van der Waals surface area contributed by atoms with Crippen molar-refractivity contribution in [2.45, 2.75) is 29.9 Å². The highest BCUT2D eigenvalue weighted by molar-refractivity contribution is 8.02. The molecule has 0 saturated heterocycles. The van der Waals surface area contributed by atoms with E-state index in [0.29, 0.717) is 10.4 Å². The highest BCUT2D eigenvalue weighted by Gasteiger charge is 2.21. The van der Waals surface area contributed by atoms with Gasteiger partial charge in [0.25, 0.3) is 0 Å². The van der Waals surface area contributed by atoms with Gasteiger partial charge in [-0.2, -0.15) is 4.37 Å². The van der Waals surface area contributed by atoms with E-state index in [-0.39, 0.29) is 11.3 Å². The molecule has 0 aliphatic rings. The Morgan fingerprint density at radius 2 is 2.20 bits per heavy atom. The van der Waals surface area contributed by atoms with Crippen LogP contribution in [0, 0.1) is 11.6 Å². The average molecular weight is 314 g/mol. The minimum absolute atomic E-state index is 0.105. The van der Waals surface area contributed by atoms with Gasteiger partial charge in [0.2, 0.25) is 0 Å². The summed E-state index contributed by atoms with van der Waals surface area (Å²) in [6.07, 6.45) is 0.728. The Labute approximate surface area is 123 Å².